The van der Waals surface area contributed by atoms with Crippen molar-refractivity contribution < 1.29 is 9.52 Å². The average molecular weight is 182 g/mol. The summed E-state index contributed by atoms with van der Waals surface area (Å²) in [7, 11) is 0. The Bertz CT molecular complexity index is 281. The van der Waals surface area contributed by atoms with Crippen LogP contribution in [0.1, 0.15) is 25.5 Å². The Morgan fingerprint density at radius 2 is 2.46 bits per heavy atom. The summed E-state index contributed by atoms with van der Waals surface area (Å²) in [5, 5.41) is 8.82. The van der Waals surface area contributed by atoms with Crippen LogP contribution < -0.4 is 4.90 Å². The molecule has 0 saturated heterocycles. The van der Waals surface area contributed by atoms with Crippen LogP contribution in [0.15, 0.2) is 10.7 Å². The van der Waals surface area contributed by atoms with Gasteiger partial charge in [0.25, 0.3) is 6.01 Å². The van der Waals surface area contributed by atoms with Crippen molar-refractivity contribution in [2.24, 2.45) is 0 Å². The molecule has 1 aliphatic rings. The van der Waals surface area contributed by atoms with Crippen molar-refractivity contribution in [1.82, 2.24) is 4.98 Å². The molecule has 1 aliphatic carbocycles. The van der Waals surface area contributed by atoms with Gasteiger partial charge in [-0.15, -0.1) is 0 Å². The molecule has 0 amide bonds. The Morgan fingerprint density at radius 1 is 1.69 bits per heavy atom. The van der Waals surface area contributed by atoms with E-state index in [1.165, 1.54) is 19.1 Å². The molecule has 0 aliphatic heterocycles. The second-order valence-corrected chi connectivity index (χ2v) is 3.30. The molecule has 0 radical (unpaired) electrons. The summed E-state index contributed by atoms with van der Waals surface area (Å²) in [6, 6.07) is 1.25. The van der Waals surface area contributed by atoms with E-state index in [4.69, 9.17) is 9.52 Å². The van der Waals surface area contributed by atoms with Gasteiger partial charge in [0.15, 0.2) is 0 Å². The van der Waals surface area contributed by atoms with Gasteiger partial charge in [-0.05, 0) is 19.8 Å². The van der Waals surface area contributed by atoms with Crippen molar-refractivity contribution in [3.63, 3.8) is 0 Å². The van der Waals surface area contributed by atoms with E-state index in [-0.39, 0.29) is 6.61 Å². The Balaban J connectivity index is 2.12. The van der Waals surface area contributed by atoms with Gasteiger partial charge in [0.2, 0.25) is 0 Å². The summed E-state index contributed by atoms with van der Waals surface area (Å²) in [6.45, 7) is 2.95. The van der Waals surface area contributed by atoms with Gasteiger partial charge in [0.1, 0.15) is 12.0 Å². The largest absolute Gasteiger partial charge is 0.432 e. The lowest BCUT2D eigenvalue weighted by molar-refractivity contribution is 0.276. The van der Waals surface area contributed by atoms with Crippen LogP contribution in [0.2, 0.25) is 0 Å². The highest BCUT2D eigenvalue weighted by molar-refractivity contribution is 5.31. The van der Waals surface area contributed by atoms with Gasteiger partial charge >= 0.3 is 0 Å². The lowest BCUT2D eigenvalue weighted by Gasteiger charge is -2.16. The zero-order chi connectivity index (χ0) is 9.26. The third-order valence-corrected chi connectivity index (χ3v) is 2.28. The number of hydrogen-bond donors (Lipinski definition) is 1. The van der Waals surface area contributed by atoms with E-state index in [2.05, 4.69) is 16.8 Å². The summed E-state index contributed by atoms with van der Waals surface area (Å²) >= 11 is 0. The number of hydrogen-bond acceptors (Lipinski definition) is 4. The van der Waals surface area contributed by atoms with E-state index >= 15 is 0 Å². The minimum absolute atomic E-state index is 0.0499. The fourth-order valence-corrected chi connectivity index (χ4v) is 1.44. The molecule has 1 aromatic rings. The van der Waals surface area contributed by atoms with E-state index in [9.17, 15) is 0 Å². The molecular formula is C9H14N2O2. The predicted molar refractivity (Wildman–Crippen MR) is 48.5 cm³/mol. The molecule has 4 heteroatoms. The van der Waals surface area contributed by atoms with Crippen LogP contribution in [0, 0.1) is 0 Å². The van der Waals surface area contributed by atoms with Crippen molar-refractivity contribution in [2.45, 2.75) is 32.4 Å². The first-order chi connectivity index (χ1) is 6.35. The van der Waals surface area contributed by atoms with Gasteiger partial charge in [0, 0.05) is 12.6 Å². The fraction of sp³-hybridized carbons (Fsp3) is 0.667. The molecule has 0 spiro atoms. The predicted octanol–water partition coefficient (Wildman–Crippen LogP) is 1.16. The third-order valence-electron chi connectivity index (χ3n) is 2.28. The molecule has 0 bridgehead atoms. The number of aliphatic hydroxyl groups excluding tert-OH is 1. The first-order valence-electron chi connectivity index (χ1n) is 4.67. The third kappa shape index (κ3) is 1.67. The fourth-order valence-electron chi connectivity index (χ4n) is 1.44. The molecule has 1 aromatic heterocycles. The van der Waals surface area contributed by atoms with Crippen LogP contribution in [-0.2, 0) is 6.61 Å². The van der Waals surface area contributed by atoms with Crippen molar-refractivity contribution in [2.75, 3.05) is 11.4 Å². The first-order valence-corrected chi connectivity index (χ1v) is 4.67. The van der Waals surface area contributed by atoms with Crippen LogP contribution in [0.3, 0.4) is 0 Å². The van der Waals surface area contributed by atoms with Gasteiger partial charge in [0.05, 0.1) is 6.61 Å². The van der Waals surface area contributed by atoms with Gasteiger partial charge in [-0.25, -0.2) is 0 Å². The maximum absolute atomic E-state index is 8.82. The summed E-state index contributed by atoms with van der Waals surface area (Å²) in [4.78, 5) is 6.31. The maximum Gasteiger partial charge on any atom is 0.297 e. The molecule has 2 rings (SSSR count). The zero-order valence-corrected chi connectivity index (χ0v) is 7.73. The molecule has 1 fully saturated rings. The summed E-state index contributed by atoms with van der Waals surface area (Å²) in [6.07, 6.45) is 3.97. The molecule has 72 valence electrons. The molecule has 1 N–H and O–H groups in total. The molecule has 0 atom stereocenters. The number of nitrogens with zero attached hydrogens (tertiary/aromatic N) is 2. The summed E-state index contributed by atoms with van der Waals surface area (Å²) < 4.78 is 5.26. The highest BCUT2D eigenvalue weighted by Crippen LogP contribution is 2.30. The molecule has 0 unspecified atom stereocenters. The first kappa shape index (κ1) is 8.56. The molecular weight excluding hydrogens is 168 g/mol. The van der Waals surface area contributed by atoms with Gasteiger partial charge in [-0.1, -0.05) is 0 Å². The van der Waals surface area contributed by atoms with Gasteiger partial charge < -0.3 is 14.4 Å². The highest BCUT2D eigenvalue weighted by Gasteiger charge is 2.30. The smallest absolute Gasteiger partial charge is 0.297 e. The average Bonchev–Trinajstić information content (AvgIpc) is 2.85. The van der Waals surface area contributed by atoms with Gasteiger partial charge in [-0.2, -0.15) is 4.98 Å². The monoisotopic (exact) mass is 182 g/mol. The number of oxazole rings is 1. The SMILES string of the molecule is CCN(c1nc(CO)co1)C1CC1. The Kier molecular flexibility index (Phi) is 2.22. The number of anilines is 1. The minimum atomic E-state index is -0.0499. The lowest BCUT2D eigenvalue weighted by Crippen LogP contribution is -2.25. The van der Waals surface area contributed by atoms with Crippen molar-refractivity contribution in [3.05, 3.63) is 12.0 Å². The normalized spacial score (nSPS) is 16.2. The lowest BCUT2D eigenvalue weighted by atomic mass is 10.5. The topological polar surface area (TPSA) is 49.5 Å². The van der Waals surface area contributed by atoms with Crippen LogP contribution in [0.5, 0.6) is 0 Å². The Hall–Kier alpha value is -1.03. The minimum Gasteiger partial charge on any atom is -0.432 e. The molecule has 4 nitrogen and oxygen atoms in total. The molecule has 1 saturated carbocycles. The van der Waals surface area contributed by atoms with Gasteiger partial charge in [-0.3, -0.25) is 0 Å². The summed E-state index contributed by atoms with van der Waals surface area (Å²) in [5.41, 5.74) is 0.606. The second kappa shape index (κ2) is 3.38. The number of aliphatic hydroxyl groups is 1. The van der Waals surface area contributed by atoms with Crippen LogP contribution >= 0.6 is 0 Å². The van der Waals surface area contributed by atoms with E-state index in [1.807, 2.05) is 0 Å². The Morgan fingerprint density at radius 3 is 2.92 bits per heavy atom. The van der Waals surface area contributed by atoms with E-state index in [0.29, 0.717) is 17.8 Å². The highest BCUT2D eigenvalue weighted by atomic mass is 16.4. The van der Waals surface area contributed by atoms with Crippen molar-refractivity contribution in [1.29, 1.82) is 0 Å². The Labute approximate surface area is 77.2 Å². The molecule has 1 heterocycles. The number of aromatic nitrogens is 1. The second-order valence-electron chi connectivity index (χ2n) is 3.30. The van der Waals surface area contributed by atoms with E-state index in [0.717, 1.165) is 6.54 Å². The van der Waals surface area contributed by atoms with E-state index in [1.54, 1.807) is 0 Å². The van der Waals surface area contributed by atoms with Crippen LogP contribution in [-0.4, -0.2) is 22.7 Å². The molecule has 13 heavy (non-hydrogen) atoms. The van der Waals surface area contributed by atoms with Crippen molar-refractivity contribution >= 4 is 6.01 Å². The number of rotatable bonds is 4. The molecule has 0 aromatic carbocycles. The standard InChI is InChI=1S/C9H14N2O2/c1-2-11(8-3-4-8)9-10-7(5-12)6-13-9/h6,8,12H,2-5H2,1H3. The maximum atomic E-state index is 8.82. The summed E-state index contributed by atoms with van der Waals surface area (Å²) in [5.74, 6) is 0. The van der Waals surface area contributed by atoms with Crippen LogP contribution in [0.4, 0.5) is 6.01 Å². The van der Waals surface area contributed by atoms with E-state index < -0.39 is 0 Å². The van der Waals surface area contributed by atoms with Crippen molar-refractivity contribution in [3.8, 4) is 0 Å². The zero-order valence-electron chi connectivity index (χ0n) is 7.73. The van der Waals surface area contributed by atoms with Crippen LogP contribution in [0.25, 0.3) is 0 Å². The quantitative estimate of drug-likeness (QED) is 0.759.